The molecule has 29 heavy (non-hydrogen) atoms. The molecule has 0 aliphatic heterocycles. The summed E-state index contributed by atoms with van der Waals surface area (Å²) in [6, 6.07) is 13.7. The van der Waals surface area contributed by atoms with Gasteiger partial charge in [-0.2, -0.15) is 0 Å². The molecule has 0 saturated heterocycles. The number of furan rings is 1. The summed E-state index contributed by atoms with van der Waals surface area (Å²) in [7, 11) is -3.67. The second-order valence-corrected chi connectivity index (χ2v) is 8.24. The molecule has 2 aromatic carbocycles. The summed E-state index contributed by atoms with van der Waals surface area (Å²) in [6.45, 7) is 1.79. The first kappa shape index (κ1) is 20.3. The molecule has 1 N–H and O–H groups in total. The van der Waals surface area contributed by atoms with E-state index in [1.807, 2.05) is 0 Å². The molecule has 8 nitrogen and oxygen atoms in total. The number of carbonyl (C=O) groups is 1. The highest BCUT2D eigenvalue weighted by Gasteiger charge is 2.23. The fourth-order valence-electron chi connectivity index (χ4n) is 2.86. The van der Waals surface area contributed by atoms with Gasteiger partial charge in [-0.1, -0.05) is 31.2 Å². The van der Waals surface area contributed by atoms with Gasteiger partial charge in [0, 0.05) is 22.9 Å². The van der Waals surface area contributed by atoms with Gasteiger partial charge >= 0.3 is 0 Å². The van der Waals surface area contributed by atoms with E-state index >= 15 is 0 Å². The Balaban J connectivity index is 1.83. The van der Waals surface area contributed by atoms with Crippen LogP contribution in [0.3, 0.4) is 0 Å². The normalized spacial score (nSPS) is 11.2. The van der Waals surface area contributed by atoms with E-state index in [4.69, 9.17) is 4.42 Å². The number of nitrogens with zero attached hydrogens (tertiary/aromatic N) is 1. The first-order valence-electron chi connectivity index (χ1n) is 8.74. The molecule has 9 heteroatoms. The Morgan fingerprint density at radius 1 is 1.10 bits per heavy atom. The van der Waals surface area contributed by atoms with Crippen molar-refractivity contribution in [3.8, 4) is 0 Å². The number of nitro benzene ring substituents is 1. The number of anilines is 1. The third-order valence-electron chi connectivity index (χ3n) is 4.32. The Bertz CT molecular complexity index is 1150. The van der Waals surface area contributed by atoms with Crippen molar-refractivity contribution >= 4 is 27.1 Å². The van der Waals surface area contributed by atoms with Crippen LogP contribution in [0.5, 0.6) is 0 Å². The predicted molar refractivity (Wildman–Crippen MR) is 106 cm³/mol. The molecule has 0 fully saturated rings. The van der Waals surface area contributed by atoms with Crippen molar-refractivity contribution in [1.82, 2.24) is 0 Å². The molecule has 0 saturated carbocycles. The van der Waals surface area contributed by atoms with Crippen molar-refractivity contribution in [2.24, 2.45) is 0 Å². The maximum atomic E-state index is 12.6. The monoisotopic (exact) mass is 414 g/mol. The van der Waals surface area contributed by atoms with Gasteiger partial charge in [-0.15, -0.1) is 0 Å². The van der Waals surface area contributed by atoms with Crippen molar-refractivity contribution in [3.63, 3.8) is 0 Å². The summed E-state index contributed by atoms with van der Waals surface area (Å²) >= 11 is 0. The summed E-state index contributed by atoms with van der Waals surface area (Å²) in [5.41, 5.74) is 0.857. The summed E-state index contributed by atoms with van der Waals surface area (Å²) in [4.78, 5) is 23.4. The van der Waals surface area contributed by atoms with E-state index in [1.165, 1.54) is 30.5 Å². The first-order chi connectivity index (χ1) is 13.8. The Kier molecular flexibility index (Phi) is 5.79. The van der Waals surface area contributed by atoms with E-state index < -0.39 is 26.4 Å². The number of carbonyl (C=O) groups excluding carboxylic acids is 1. The molecular formula is C20H18N2O6S. The molecule has 1 amide bonds. The first-order valence-corrected chi connectivity index (χ1v) is 10.4. The van der Waals surface area contributed by atoms with Crippen LogP contribution >= 0.6 is 0 Å². The van der Waals surface area contributed by atoms with Crippen LogP contribution in [0.2, 0.25) is 0 Å². The van der Waals surface area contributed by atoms with Crippen LogP contribution in [0.1, 0.15) is 28.6 Å². The minimum atomic E-state index is -3.67. The maximum absolute atomic E-state index is 12.6. The lowest BCUT2D eigenvalue weighted by Crippen LogP contribution is -2.15. The van der Waals surface area contributed by atoms with Gasteiger partial charge in [0.15, 0.2) is 15.6 Å². The summed E-state index contributed by atoms with van der Waals surface area (Å²) in [5, 5.41) is 13.7. The van der Waals surface area contributed by atoms with Crippen molar-refractivity contribution in [1.29, 1.82) is 0 Å². The van der Waals surface area contributed by atoms with Crippen LogP contribution in [-0.2, 0) is 22.0 Å². The Hall–Kier alpha value is -3.46. The Morgan fingerprint density at radius 3 is 2.48 bits per heavy atom. The van der Waals surface area contributed by atoms with Crippen molar-refractivity contribution in [2.45, 2.75) is 24.0 Å². The molecule has 3 rings (SSSR count). The number of sulfone groups is 1. The second kappa shape index (κ2) is 8.27. The lowest BCUT2D eigenvalue weighted by Gasteiger charge is -2.08. The second-order valence-electron chi connectivity index (χ2n) is 6.26. The fraction of sp³-hybridized carbons (Fsp3) is 0.150. The van der Waals surface area contributed by atoms with E-state index in [-0.39, 0.29) is 27.6 Å². The van der Waals surface area contributed by atoms with E-state index in [0.29, 0.717) is 12.0 Å². The largest absolute Gasteiger partial charge is 0.459 e. The SMILES string of the molecule is CCc1ccc(NC(=O)c2occc2CS(=O)(=O)c2ccccc2)cc1[N+](=O)[O-]. The van der Waals surface area contributed by atoms with Gasteiger partial charge in [0.05, 0.1) is 21.8 Å². The van der Waals surface area contributed by atoms with E-state index in [9.17, 15) is 23.3 Å². The van der Waals surface area contributed by atoms with Gasteiger partial charge in [-0.3, -0.25) is 14.9 Å². The lowest BCUT2D eigenvalue weighted by molar-refractivity contribution is -0.385. The standard InChI is InChI=1S/C20H18N2O6S/c1-2-14-8-9-16(12-18(14)22(24)25)21-20(23)19-15(10-11-28-19)13-29(26,27)17-6-4-3-5-7-17/h3-12H,2,13H2,1H3,(H,21,23). The smallest absolute Gasteiger partial charge is 0.291 e. The highest BCUT2D eigenvalue weighted by Crippen LogP contribution is 2.25. The number of hydrogen-bond donors (Lipinski definition) is 1. The molecule has 0 unspecified atom stereocenters. The quantitative estimate of drug-likeness (QED) is 0.461. The van der Waals surface area contributed by atoms with Crippen LogP contribution in [0.15, 0.2) is 70.2 Å². The minimum absolute atomic E-state index is 0.100. The molecule has 0 bridgehead atoms. The fourth-order valence-corrected chi connectivity index (χ4v) is 4.24. The number of amides is 1. The highest BCUT2D eigenvalue weighted by molar-refractivity contribution is 7.90. The maximum Gasteiger partial charge on any atom is 0.291 e. The van der Waals surface area contributed by atoms with E-state index in [2.05, 4.69) is 5.32 Å². The third-order valence-corrected chi connectivity index (χ3v) is 6.00. The van der Waals surface area contributed by atoms with Crippen LogP contribution in [-0.4, -0.2) is 19.2 Å². The van der Waals surface area contributed by atoms with Gasteiger partial charge < -0.3 is 9.73 Å². The van der Waals surface area contributed by atoms with Crippen LogP contribution in [0, 0.1) is 10.1 Å². The van der Waals surface area contributed by atoms with Gasteiger partial charge in [0.25, 0.3) is 11.6 Å². The van der Waals surface area contributed by atoms with Crippen molar-refractivity contribution < 1.29 is 22.6 Å². The molecule has 3 aromatic rings. The number of nitrogens with one attached hydrogen (secondary N) is 1. The Morgan fingerprint density at radius 2 is 1.83 bits per heavy atom. The minimum Gasteiger partial charge on any atom is -0.459 e. The molecule has 150 valence electrons. The van der Waals surface area contributed by atoms with E-state index in [0.717, 1.165) is 0 Å². The molecule has 0 spiro atoms. The molecule has 1 aromatic heterocycles. The molecule has 0 aliphatic carbocycles. The molecule has 0 aliphatic rings. The zero-order chi connectivity index (χ0) is 21.0. The lowest BCUT2D eigenvalue weighted by atomic mass is 10.1. The number of nitro groups is 1. The predicted octanol–water partition coefficient (Wildman–Crippen LogP) is 3.98. The number of rotatable bonds is 7. The number of hydrogen-bond acceptors (Lipinski definition) is 6. The molecule has 0 atom stereocenters. The molecule has 0 radical (unpaired) electrons. The molecule has 1 heterocycles. The zero-order valence-corrected chi connectivity index (χ0v) is 16.3. The average molecular weight is 414 g/mol. The Labute approximate surface area is 167 Å². The summed E-state index contributed by atoms with van der Waals surface area (Å²) in [6.07, 6.45) is 1.71. The summed E-state index contributed by atoms with van der Waals surface area (Å²) < 4.78 is 30.3. The summed E-state index contributed by atoms with van der Waals surface area (Å²) in [5.74, 6) is -1.26. The average Bonchev–Trinajstić information content (AvgIpc) is 3.16. The zero-order valence-electron chi connectivity index (χ0n) is 15.5. The number of aryl methyl sites for hydroxylation is 1. The third kappa shape index (κ3) is 4.52. The van der Waals surface area contributed by atoms with Crippen LogP contribution in [0.25, 0.3) is 0 Å². The molecular weight excluding hydrogens is 396 g/mol. The van der Waals surface area contributed by atoms with Crippen LogP contribution < -0.4 is 5.32 Å². The van der Waals surface area contributed by atoms with Gasteiger partial charge in [0.1, 0.15) is 0 Å². The van der Waals surface area contributed by atoms with Gasteiger partial charge in [-0.25, -0.2) is 8.42 Å². The topological polar surface area (TPSA) is 120 Å². The highest BCUT2D eigenvalue weighted by atomic mass is 32.2. The van der Waals surface area contributed by atoms with E-state index in [1.54, 1.807) is 37.3 Å². The number of benzene rings is 2. The van der Waals surface area contributed by atoms with Crippen molar-refractivity contribution in [2.75, 3.05) is 5.32 Å². The van der Waals surface area contributed by atoms with Crippen molar-refractivity contribution in [3.05, 3.63) is 87.9 Å². The van der Waals surface area contributed by atoms with Gasteiger partial charge in [-0.05, 0) is 30.7 Å². The van der Waals surface area contributed by atoms with Gasteiger partial charge in [0.2, 0.25) is 0 Å². The van der Waals surface area contributed by atoms with Crippen LogP contribution in [0.4, 0.5) is 11.4 Å².